The lowest BCUT2D eigenvalue weighted by Crippen LogP contribution is -2.47. The molecule has 0 bridgehead atoms. The SMILES string of the molecule is CC(C(=O)O)[C@H](NC(=O)c1ccc(NCC2CNc3nc(N)[nH]c(=O)c3N2)cc1)C(=O)O. The molecule has 0 saturated carbocycles. The topological polar surface area (TPSA) is 212 Å². The molecular formula is C19H23N7O6. The van der Waals surface area contributed by atoms with Crippen LogP contribution in [0.25, 0.3) is 0 Å². The van der Waals surface area contributed by atoms with Gasteiger partial charge in [0.15, 0.2) is 5.82 Å². The molecule has 2 unspecified atom stereocenters. The van der Waals surface area contributed by atoms with Crippen LogP contribution in [0.3, 0.4) is 0 Å². The standard InChI is InChI=1S/C19H23N7O6/c1-8(17(29)30)12(18(31)32)24-15(27)9-2-4-10(5-3-9)21-6-11-7-22-14-13(23-11)16(28)26-19(20)25-14/h2-5,8,11-12,21,23H,6-7H2,1H3,(H,24,27)(H,29,30)(H,31,32)(H4,20,22,25,26,28)/t8?,11?,12-/m0/s1. The van der Waals surface area contributed by atoms with Gasteiger partial charge in [0.05, 0.1) is 12.0 Å². The molecule has 170 valence electrons. The summed E-state index contributed by atoms with van der Waals surface area (Å²) in [5, 5.41) is 29.7. The molecule has 0 fully saturated rings. The molecule has 1 aliphatic heterocycles. The minimum Gasteiger partial charge on any atom is -0.481 e. The van der Waals surface area contributed by atoms with Crippen molar-refractivity contribution >= 4 is 41.0 Å². The molecule has 1 aromatic carbocycles. The molecule has 0 aliphatic carbocycles. The van der Waals surface area contributed by atoms with E-state index >= 15 is 0 Å². The van der Waals surface area contributed by atoms with Crippen LogP contribution in [0.15, 0.2) is 29.1 Å². The number of nitrogens with two attached hydrogens (primary N) is 1. The number of carbonyl (C=O) groups excluding carboxylic acids is 1. The van der Waals surface area contributed by atoms with Gasteiger partial charge >= 0.3 is 11.9 Å². The van der Waals surface area contributed by atoms with Crippen molar-refractivity contribution in [3.8, 4) is 0 Å². The summed E-state index contributed by atoms with van der Waals surface area (Å²) in [6.07, 6.45) is 0. The zero-order valence-electron chi connectivity index (χ0n) is 17.0. The minimum atomic E-state index is -1.56. The number of benzene rings is 1. The molecule has 13 heteroatoms. The van der Waals surface area contributed by atoms with Crippen molar-refractivity contribution < 1.29 is 24.6 Å². The fraction of sp³-hybridized carbons (Fsp3) is 0.316. The zero-order valence-corrected chi connectivity index (χ0v) is 17.0. The van der Waals surface area contributed by atoms with Crippen molar-refractivity contribution in [2.45, 2.75) is 19.0 Å². The number of aliphatic carboxylic acids is 2. The summed E-state index contributed by atoms with van der Waals surface area (Å²) in [7, 11) is 0. The molecule has 3 atom stereocenters. The molecule has 0 radical (unpaired) electrons. The summed E-state index contributed by atoms with van der Waals surface area (Å²) in [6.45, 7) is 2.15. The second-order valence-corrected chi connectivity index (χ2v) is 7.27. The smallest absolute Gasteiger partial charge is 0.327 e. The maximum absolute atomic E-state index is 12.3. The molecule has 0 spiro atoms. The van der Waals surface area contributed by atoms with E-state index in [1.165, 1.54) is 19.1 Å². The fourth-order valence-corrected chi connectivity index (χ4v) is 3.10. The van der Waals surface area contributed by atoms with E-state index in [1.54, 1.807) is 12.1 Å². The number of carbonyl (C=O) groups is 3. The molecule has 1 aliphatic rings. The van der Waals surface area contributed by atoms with Crippen molar-refractivity contribution in [2.75, 3.05) is 34.8 Å². The maximum atomic E-state index is 12.3. The van der Waals surface area contributed by atoms with Gasteiger partial charge in [0.2, 0.25) is 5.95 Å². The van der Waals surface area contributed by atoms with Gasteiger partial charge in [-0.1, -0.05) is 0 Å². The van der Waals surface area contributed by atoms with E-state index in [0.29, 0.717) is 30.3 Å². The number of fused-ring (bicyclic) bond motifs is 1. The Kier molecular flexibility index (Phi) is 6.47. The number of hydrogen-bond acceptors (Lipinski definition) is 9. The first-order valence-electron chi connectivity index (χ1n) is 9.66. The van der Waals surface area contributed by atoms with Gasteiger partial charge in [-0.3, -0.25) is 19.4 Å². The van der Waals surface area contributed by atoms with Gasteiger partial charge in [-0.05, 0) is 31.2 Å². The number of aromatic amines is 1. The molecule has 1 aromatic heterocycles. The third-order valence-corrected chi connectivity index (χ3v) is 4.94. The van der Waals surface area contributed by atoms with Crippen LogP contribution in [0, 0.1) is 5.92 Å². The monoisotopic (exact) mass is 445 g/mol. The number of carboxylic acid groups (broad SMARTS) is 2. The Balaban J connectivity index is 1.58. The summed E-state index contributed by atoms with van der Waals surface area (Å²) in [5.74, 6) is -4.34. The Morgan fingerprint density at radius 3 is 2.53 bits per heavy atom. The number of nitrogens with zero attached hydrogens (tertiary/aromatic N) is 1. The van der Waals surface area contributed by atoms with Crippen LogP contribution in [0.5, 0.6) is 0 Å². The van der Waals surface area contributed by atoms with Crippen molar-refractivity contribution in [2.24, 2.45) is 5.92 Å². The predicted molar refractivity (Wildman–Crippen MR) is 116 cm³/mol. The van der Waals surface area contributed by atoms with Crippen LogP contribution in [-0.4, -0.2) is 63.2 Å². The summed E-state index contributed by atoms with van der Waals surface area (Å²) >= 11 is 0. The van der Waals surface area contributed by atoms with Crippen LogP contribution in [0.1, 0.15) is 17.3 Å². The Labute approximate surface area is 181 Å². The third-order valence-electron chi connectivity index (χ3n) is 4.94. The van der Waals surface area contributed by atoms with Gasteiger partial charge in [0.1, 0.15) is 11.7 Å². The number of rotatable bonds is 8. The number of nitrogens with one attached hydrogen (secondary N) is 5. The molecule has 9 N–H and O–H groups in total. The summed E-state index contributed by atoms with van der Waals surface area (Å²) in [4.78, 5) is 53.1. The first-order chi connectivity index (χ1) is 15.2. The average Bonchev–Trinajstić information content (AvgIpc) is 2.75. The average molecular weight is 445 g/mol. The van der Waals surface area contributed by atoms with Crippen molar-refractivity contribution in [1.29, 1.82) is 0 Å². The van der Waals surface area contributed by atoms with Gasteiger partial charge in [0.25, 0.3) is 11.5 Å². The lowest BCUT2D eigenvalue weighted by Gasteiger charge is -2.27. The molecule has 0 saturated heterocycles. The quantitative estimate of drug-likeness (QED) is 0.261. The number of carboxylic acids is 2. The van der Waals surface area contributed by atoms with Gasteiger partial charge in [0, 0.05) is 24.3 Å². The van der Waals surface area contributed by atoms with Gasteiger partial charge in [-0.2, -0.15) is 4.98 Å². The van der Waals surface area contributed by atoms with Crippen LogP contribution < -0.4 is 32.6 Å². The minimum absolute atomic E-state index is 0.0239. The van der Waals surface area contributed by atoms with Gasteiger partial charge in [-0.15, -0.1) is 0 Å². The Bertz CT molecular complexity index is 1080. The Morgan fingerprint density at radius 2 is 1.91 bits per heavy atom. The van der Waals surface area contributed by atoms with E-state index in [-0.39, 0.29) is 23.1 Å². The van der Waals surface area contributed by atoms with E-state index in [2.05, 4.69) is 31.2 Å². The number of hydrogen-bond donors (Lipinski definition) is 8. The Morgan fingerprint density at radius 1 is 1.22 bits per heavy atom. The number of nitrogen functional groups attached to an aromatic ring is 1. The normalized spacial score (nSPS) is 16.5. The van der Waals surface area contributed by atoms with Crippen molar-refractivity contribution in [3.05, 3.63) is 40.2 Å². The van der Waals surface area contributed by atoms with E-state index < -0.39 is 29.8 Å². The second-order valence-electron chi connectivity index (χ2n) is 7.27. The highest BCUT2D eigenvalue weighted by Crippen LogP contribution is 2.20. The first kappa shape index (κ1) is 22.4. The second kappa shape index (κ2) is 9.24. The van der Waals surface area contributed by atoms with Crippen molar-refractivity contribution in [1.82, 2.24) is 15.3 Å². The third kappa shape index (κ3) is 5.06. The number of amides is 1. The largest absolute Gasteiger partial charge is 0.481 e. The van der Waals surface area contributed by atoms with Crippen LogP contribution in [0.4, 0.5) is 23.1 Å². The van der Waals surface area contributed by atoms with Gasteiger partial charge < -0.3 is 37.2 Å². The number of H-pyrrole nitrogens is 1. The molecular weight excluding hydrogens is 422 g/mol. The van der Waals surface area contributed by atoms with Crippen LogP contribution in [0.2, 0.25) is 0 Å². The highest BCUT2D eigenvalue weighted by Gasteiger charge is 2.31. The maximum Gasteiger partial charge on any atom is 0.327 e. The first-order valence-corrected chi connectivity index (χ1v) is 9.66. The highest BCUT2D eigenvalue weighted by atomic mass is 16.4. The number of anilines is 4. The Hall–Kier alpha value is -4.29. The van der Waals surface area contributed by atoms with Crippen LogP contribution >= 0.6 is 0 Å². The molecule has 3 rings (SSSR count). The fourth-order valence-electron chi connectivity index (χ4n) is 3.10. The summed E-state index contributed by atoms with van der Waals surface area (Å²) in [6, 6.07) is 4.54. The lowest BCUT2D eigenvalue weighted by molar-refractivity contribution is -0.149. The van der Waals surface area contributed by atoms with E-state index in [9.17, 15) is 24.3 Å². The lowest BCUT2D eigenvalue weighted by atomic mass is 10.0. The van der Waals surface area contributed by atoms with Crippen molar-refractivity contribution in [3.63, 3.8) is 0 Å². The molecule has 13 nitrogen and oxygen atoms in total. The zero-order chi connectivity index (χ0) is 23.4. The summed E-state index contributed by atoms with van der Waals surface area (Å²) in [5.41, 5.74) is 6.31. The van der Waals surface area contributed by atoms with Gasteiger partial charge in [-0.25, -0.2) is 4.79 Å². The predicted octanol–water partition coefficient (Wildman–Crippen LogP) is -0.426. The summed E-state index contributed by atoms with van der Waals surface area (Å²) < 4.78 is 0. The van der Waals surface area contributed by atoms with E-state index in [4.69, 9.17) is 10.8 Å². The number of aromatic nitrogens is 2. The molecule has 1 amide bonds. The molecule has 2 aromatic rings. The van der Waals surface area contributed by atoms with Crippen LogP contribution in [-0.2, 0) is 9.59 Å². The van der Waals surface area contributed by atoms with E-state index in [0.717, 1.165) is 0 Å². The highest BCUT2D eigenvalue weighted by molar-refractivity contribution is 5.97. The van der Waals surface area contributed by atoms with E-state index in [1.807, 2.05) is 0 Å². The molecule has 32 heavy (non-hydrogen) atoms. The molecule has 2 heterocycles.